The molecule has 1 atom stereocenters. The number of halogens is 1. The standard InChI is InChI=1S/C29H26FN3O4/c30-23-9-7-20(8-10-23)21-3-1-2-18(14-21)5-12-26(34)31-16-19-4-6-22-17-33(29(37)24(22)15-19)25-11-13-27(35)32-28(25)36/h1-4,6-10,14-15,25H,5,11-13,16-17H2,(H,31,34)(H,32,35,36). The molecule has 1 saturated heterocycles. The van der Waals surface area contributed by atoms with E-state index in [1.165, 1.54) is 17.0 Å². The van der Waals surface area contributed by atoms with Gasteiger partial charge in [0, 0.05) is 31.5 Å². The van der Waals surface area contributed by atoms with E-state index in [0.29, 0.717) is 31.4 Å². The van der Waals surface area contributed by atoms with Crippen LogP contribution in [0.15, 0.2) is 66.7 Å². The van der Waals surface area contributed by atoms with Crippen LogP contribution < -0.4 is 10.6 Å². The highest BCUT2D eigenvalue weighted by Gasteiger charge is 2.39. The molecule has 0 saturated carbocycles. The lowest BCUT2D eigenvalue weighted by Crippen LogP contribution is -2.52. The Bertz CT molecular complexity index is 1390. The highest BCUT2D eigenvalue weighted by molar-refractivity contribution is 6.05. The smallest absolute Gasteiger partial charge is 0.255 e. The molecule has 0 bridgehead atoms. The Morgan fingerprint density at radius 1 is 0.973 bits per heavy atom. The number of hydrogen-bond donors (Lipinski definition) is 2. The van der Waals surface area contributed by atoms with Crippen LogP contribution in [0, 0.1) is 5.82 Å². The quantitative estimate of drug-likeness (QED) is 0.487. The summed E-state index contributed by atoms with van der Waals surface area (Å²) in [7, 11) is 0. The van der Waals surface area contributed by atoms with Gasteiger partial charge in [-0.1, -0.05) is 48.5 Å². The molecule has 0 aromatic heterocycles. The van der Waals surface area contributed by atoms with Crippen molar-refractivity contribution in [3.8, 4) is 11.1 Å². The Morgan fingerprint density at radius 2 is 1.78 bits per heavy atom. The number of piperidine rings is 1. The number of rotatable bonds is 7. The first-order valence-corrected chi connectivity index (χ1v) is 12.3. The number of fused-ring (bicyclic) bond motifs is 1. The fourth-order valence-corrected chi connectivity index (χ4v) is 4.81. The van der Waals surface area contributed by atoms with E-state index in [-0.39, 0.29) is 36.5 Å². The van der Waals surface area contributed by atoms with Crippen LogP contribution in [0.3, 0.4) is 0 Å². The lowest BCUT2D eigenvalue weighted by molar-refractivity contribution is -0.137. The molecule has 8 heteroatoms. The van der Waals surface area contributed by atoms with E-state index in [2.05, 4.69) is 10.6 Å². The molecule has 188 valence electrons. The number of carbonyl (C=O) groups is 4. The number of amides is 4. The van der Waals surface area contributed by atoms with Crippen LogP contribution in [-0.4, -0.2) is 34.6 Å². The molecule has 4 amide bonds. The SMILES string of the molecule is O=C(CCc1cccc(-c2ccc(F)cc2)c1)NCc1ccc2c(c1)C(=O)N(C1CCC(=O)NC1=O)C2. The van der Waals surface area contributed by atoms with Gasteiger partial charge in [0.15, 0.2) is 0 Å². The molecule has 0 radical (unpaired) electrons. The molecule has 1 unspecified atom stereocenters. The summed E-state index contributed by atoms with van der Waals surface area (Å²) >= 11 is 0. The number of benzene rings is 3. The van der Waals surface area contributed by atoms with Crippen molar-refractivity contribution in [1.82, 2.24) is 15.5 Å². The zero-order chi connectivity index (χ0) is 25.9. The molecule has 37 heavy (non-hydrogen) atoms. The molecule has 2 aliphatic rings. The Morgan fingerprint density at radius 3 is 2.57 bits per heavy atom. The van der Waals surface area contributed by atoms with Gasteiger partial charge in [-0.05, 0) is 58.9 Å². The Labute approximate surface area is 213 Å². The van der Waals surface area contributed by atoms with Crippen LogP contribution in [0.4, 0.5) is 4.39 Å². The second kappa shape index (κ2) is 10.3. The zero-order valence-electron chi connectivity index (χ0n) is 20.1. The summed E-state index contributed by atoms with van der Waals surface area (Å²) in [5.41, 5.74) is 5.03. The molecule has 3 aromatic carbocycles. The second-order valence-electron chi connectivity index (χ2n) is 9.38. The Hall–Kier alpha value is -4.33. The van der Waals surface area contributed by atoms with Gasteiger partial charge in [0.1, 0.15) is 11.9 Å². The molecule has 0 spiro atoms. The maximum absolute atomic E-state index is 13.2. The maximum atomic E-state index is 13.2. The summed E-state index contributed by atoms with van der Waals surface area (Å²) in [6.45, 7) is 0.609. The molecular weight excluding hydrogens is 473 g/mol. The van der Waals surface area contributed by atoms with Gasteiger partial charge in [0.2, 0.25) is 17.7 Å². The molecule has 5 rings (SSSR count). The molecule has 1 fully saturated rings. The van der Waals surface area contributed by atoms with Crippen molar-refractivity contribution in [2.75, 3.05) is 0 Å². The zero-order valence-corrected chi connectivity index (χ0v) is 20.1. The van der Waals surface area contributed by atoms with Gasteiger partial charge in [-0.3, -0.25) is 24.5 Å². The van der Waals surface area contributed by atoms with Crippen molar-refractivity contribution in [2.24, 2.45) is 0 Å². The molecule has 2 N–H and O–H groups in total. The largest absolute Gasteiger partial charge is 0.352 e. The highest BCUT2D eigenvalue weighted by Crippen LogP contribution is 2.28. The first kappa shape index (κ1) is 24.4. The van der Waals surface area contributed by atoms with Gasteiger partial charge in [-0.15, -0.1) is 0 Å². The number of nitrogens with one attached hydrogen (secondary N) is 2. The van der Waals surface area contributed by atoms with Gasteiger partial charge in [0.05, 0.1) is 0 Å². The van der Waals surface area contributed by atoms with Crippen LogP contribution in [0.2, 0.25) is 0 Å². The van der Waals surface area contributed by atoms with E-state index in [9.17, 15) is 23.6 Å². The maximum Gasteiger partial charge on any atom is 0.255 e. The highest BCUT2D eigenvalue weighted by atomic mass is 19.1. The molecule has 3 aromatic rings. The van der Waals surface area contributed by atoms with Gasteiger partial charge in [-0.2, -0.15) is 0 Å². The molecule has 7 nitrogen and oxygen atoms in total. The van der Waals surface area contributed by atoms with Crippen molar-refractivity contribution in [3.05, 3.63) is 94.8 Å². The number of nitrogens with zero attached hydrogens (tertiary/aromatic N) is 1. The predicted octanol–water partition coefficient (Wildman–Crippen LogP) is 3.50. The second-order valence-corrected chi connectivity index (χ2v) is 9.38. The molecule has 0 aliphatic carbocycles. The third-order valence-corrected chi connectivity index (χ3v) is 6.83. The summed E-state index contributed by atoms with van der Waals surface area (Å²) < 4.78 is 13.2. The van der Waals surface area contributed by atoms with E-state index in [0.717, 1.165) is 27.8 Å². The van der Waals surface area contributed by atoms with Gasteiger partial charge in [0.25, 0.3) is 5.91 Å². The van der Waals surface area contributed by atoms with E-state index >= 15 is 0 Å². The predicted molar refractivity (Wildman–Crippen MR) is 134 cm³/mol. The molecule has 2 aliphatic heterocycles. The lowest BCUT2D eigenvalue weighted by Gasteiger charge is -2.29. The van der Waals surface area contributed by atoms with Crippen LogP contribution >= 0.6 is 0 Å². The van der Waals surface area contributed by atoms with Crippen molar-refractivity contribution in [2.45, 2.75) is 44.8 Å². The Balaban J connectivity index is 1.15. The average Bonchev–Trinajstić information content (AvgIpc) is 3.22. The van der Waals surface area contributed by atoms with Crippen LogP contribution in [-0.2, 0) is 33.9 Å². The lowest BCUT2D eigenvalue weighted by atomic mass is 10.0. The van der Waals surface area contributed by atoms with Crippen molar-refractivity contribution in [3.63, 3.8) is 0 Å². The van der Waals surface area contributed by atoms with E-state index in [1.54, 1.807) is 18.2 Å². The number of imide groups is 1. The first-order chi connectivity index (χ1) is 17.9. The fraction of sp³-hybridized carbons (Fsp3) is 0.241. The van der Waals surface area contributed by atoms with Crippen LogP contribution in [0.25, 0.3) is 11.1 Å². The summed E-state index contributed by atoms with van der Waals surface area (Å²) in [6, 6.07) is 19.0. The van der Waals surface area contributed by atoms with Gasteiger partial charge in [-0.25, -0.2) is 4.39 Å². The monoisotopic (exact) mass is 499 g/mol. The minimum Gasteiger partial charge on any atom is -0.352 e. The number of hydrogen-bond acceptors (Lipinski definition) is 4. The summed E-state index contributed by atoms with van der Waals surface area (Å²) in [6.07, 6.45) is 1.40. The minimum atomic E-state index is -0.651. The summed E-state index contributed by atoms with van der Waals surface area (Å²) in [4.78, 5) is 50.6. The number of aryl methyl sites for hydroxylation is 1. The third kappa shape index (κ3) is 5.43. The van der Waals surface area contributed by atoms with Crippen LogP contribution in [0.5, 0.6) is 0 Å². The van der Waals surface area contributed by atoms with E-state index < -0.39 is 11.9 Å². The van der Waals surface area contributed by atoms with Crippen molar-refractivity contribution < 1.29 is 23.6 Å². The number of carbonyl (C=O) groups excluding carboxylic acids is 4. The minimum absolute atomic E-state index is 0.107. The van der Waals surface area contributed by atoms with Crippen molar-refractivity contribution in [1.29, 1.82) is 0 Å². The first-order valence-electron chi connectivity index (χ1n) is 12.3. The van der Waals surface area contributed by atoms with E-state index in [1.807, 2.05) is 36.4 Å². The van der Waals surface area contributed by atoms with Crippen LogP contribution in [0.1, 0.15) is 46.3 Å². The third-order valence-electron chi connectivity index (χ3n) is 6.83. The van der Waals surface area contributed by atoms with E-state index in [4.69, 9.17) is 0 Å². The molecular formula is C29H26FN3O4. The molecule has 2 heterocycles. The average molecular weight is 500 g/mol. The van der Waals surface area contributed by atoms with Gasteiger partial charge < -0.3 is 10.2 Å². The fourth-order valence-electron chi connectivity index (χ4n) is 4.81. The van der Waals surface area contributed by atoms with Crippen molar-refractivity contribution >= 4 is 23.6 Å². The Kier molecular flexibility index (Phi) is 6.81. The summed E-state index contributed by atoms with van der Waals surface area (Å²) in [5, 5.41) is 5.21. The van der Waals surface area contributed by atoms with Gasteiger partial charge >= 0.3 is 0 Å². The topological polar surface area (TPSA) is 95.6 Å². The normalized spacial score (nSPS) is 16.9. The summed E-state index contributed by atoms with van der Waals surface area (Å²) in [5.74, 6) is -1.38.